The van der Waals surface area contributed by atoms with Gasteiger partial charge in [-0.1, -0.05) is 64.1 Å². The first kappa shape index (κ1) is 23.3. The molecule has 0 bridgehead atoms. The van der Waals surface area contributed by atoms with Gasteiger partial charge in [-0.25, -0.2) is 4.39 Å². The van der Waals surface area contributed by atoms with E-state index < -0.39 is 0 Å². The van der Waals surface area contributed by atoms with E-state index >= 15 is 0 Å². The van der Waals surface area contributed by atoms with Crippen LogP contribution in [0.3, 0.4) is 0 Å². The normalized spacial score (nSPS) is 25.0. The molecule has 0 saturated heterocycles. The molecule has 0 spiro atoms. The quantitative estimate of drug-likeness (QED) is 0.438. The van der Waals surface area contributed by atoms with Crippen molar-refractivity contribution in [2.24, 2.45) is 17.8 Å². The number of benzene rings is 1. The Hall–Kier alpha value is -1.02. The smallest absolute Gasteiger partial charge is 0.153 e. The van der Waals surface area contributed by atoms with Crippen LogP contribution in [-0.4, -0.2) is 6.61 Å². The summed E-state index contributed by atoms with van der Waals surface area (Å²) in [5, 5.41) is 0.114. The van der Waals surface area contributed by atoms with Gasteiger partial charge in [-0.2, -0.15) is 0 Å². The molecule has 158 valence electrons. The van der Waals surface area contributed by atoms with Crippen LogP contribution in [0, 0.1) is 23.6 Å². The SMILES string of the molecule is C.CCCCC1CCC(C2CC=C(c3ccc(OCC)c(Cl)c3F)CC2)CC1. The highest BCUT2D eigenvalue weighted by atomic mass is 35.5. The van der Waals surface area contributed by atoms with Gasteiger partial charge in [0.15, 0.2) is 5.82 Å². The summed E-state index contributed by atoms with van der Waals surface area (Å²) in [6, 6.07) is 3.63. The highest BCUT2D eigenvalue weighted by Crippen LogP contribution is 2.43. The van der Waals surface area contributed by atoms with Crippen molar-refractivity contribution >= 4 is 17.2 Å². The Morgan fingerprint density at radius 2 is 1.82 bits per heavy atom. The Morgan fingerprint density at radius 3 is 2.43 bits per heavy atom. The summed E-state index contributed by atoms with van der Waals surface area (Å²) >= 11 is 6.17. The maximum atomic E-state index is 14.7. The third-order valence-electron chi connectivity index (χ3n) is 6.67. The Labute approximate surface area is 176 Å². The number of allylic oxidation sites excluding steroid dienone is 2. The van der Waals surface area contributed by atoms with Gasteiger partial charge in [0.2, 0.25) is 0 Å². The van der Waals surface area contributed by atoms with Crippen LogP contribution in [0.25, 0.3) is 5.57 Å². The van der Waals surface area contributed by atoms with Crippen molar-refractivity contribution in [3.63, 3.8) is 0 Å². The molecule has 1 aromatic rings. The first-order chi connectivity index (χ1) is 13.1. The average Bonchev–Trinajstić information content (AvgIpc) is 2.71. The van der Waals surface area contributed by atoms with Gasteiger partial charge in [0.1, 0.15) is 10.8 Å². The monoisotopic (exact) mass is 408 g/mol. The minimum atomic E-state index is -0.330. The van der Waals surface area contributed by atoms with Crippen LogP contribution >= 0.6 is 11.6 Å². The van der Waals surface area contributed by atoms with Crippen molar-refractivity contribution in [1.29, 1.82) is 0 Å². The van der Waals surface area contributed by atoms with E-state index in [1.165, 1.54) is 51.4 Å². The minimum Gasteiger partial charge on any atom is -0.492 e. The van der Waals surface area contributed by atoms with Gasteiger partial charge < -0.3 is 4.74 Å². The summed E-state index contributed by atoms with van der Waals surface area (Å²) in [6.07, 6.45) is 15.3. The summed E-state index contributed by atoms with van der Waals surface area (Å²) < 4.78 is 20.1. The lowest BCUT2D eigenvalue weighted by Gasteiger charge is -2.35. The van der Waals surface area contributed by atoms with Crippen molar-refractivity contribution in [2.75, 3.05) is 6.61 Å². The Kier molecular flexibility index (Phi) is 9.34. The highest BCUT2D eigenvalue weighted by Gasteiger charge is 2.29. The standard InChI is InChI=1S/C24H34ClFO.CH4/c1-3-5-6-17-7-9-18(10-8-17)19-11-13-20(14-12-19)21-15-16-22(27-4-2)23(25)24(21)26;/h13,15-19H,3-12,14H2,1-2H3;1H4. The van der Waals surface area contributed by atoms with E-state index in [4.69, 9.17) is 16.3 Å². The molecule has 1 saturated carbocycles. The molecule has 1 aromatic carbocycles. The third-order valence-corrected chi connectivity index (χ3v) is 7.02. The van der Waals surface area contributed by atoms with Gasteiger partial charge in [-0.05, 0) is 74.5 Å². The van der Waals surface area contributed by atoms with Crippen LogP contribution in [0.4, 0.5) is 4.39 Å². The van der Waals surface area contributed by atoms with Gasteiger partial charge >= 0.3 is 0 Å². The van der Waals surface area contributed by atoms with E-state index in [0.717, 1.165) is 36.2 Å². The maximum Gasteiger partial charge on any atom is 0.153 e. The molecule has 2 aliphatic rings. The van der Waals surface area contributed by atoms with Crippen LogP contribution in [-0.2, 0) is 0 Å². The van der Waals surface area contributed by atoms with Gasteiger partial charge in [0.05, 0.1) is 6.61 Å². The lowest BCUT2D eigenvalue weighted by atomic mass is 9.70. The number of unbranched alkanes of at least 4 members (excludes halogenated alkanes) is 1. The van der Waals surface area contributed by atoms with E-state index in [1.54, 1.807) is 6.07 Å². The topological polar surface area (TPSA) is 9.23 Å². The zero-order valence-electron chi connectivity index (χ0n) is 16.9. The Bertz CT molecular complexity index is 646. The maximum absolute atomic E-state index is 14.7. The average molecular weight is 409 g/mol. The molecule has 2 aliphatic carbocycles. The second-order valence-corrected chi connectivity index (χ2v) is 8.74. The van der Waals surface area contributed by atoms with E-state index in [2.05, 4.69) is 13.0 Å². The molecule has 0 aromatic heterocycles. The fraction of sp³-hybridized carbons (Fsp3) is 0.680. The highest BCUT2D eigenvalue weighted by molar-refractivity contribution is 6.32. The molecule has 0 N–H and O–H groups in total. The fourth-order valence-electron chi connectivity index (χ4n) is 5.02. The predicted molar refractivity (Wildman–Crippen MR) is 120 cm³/mol. The summed E-state index contributed by atoms with van der Waals surface area (Å²) in [6.45, 7) is 4.66. The number of rotatable bonds is 7. The summed E-state index contributed by atoms with van der Waals surface area (Å²) in [7, 11) is 0. The van der Waals surface area contributed by atoms with Crippen molar-refractivity contribution in [1.82, 2.24) is 0 Å². The number of halogens is 2. The molecular weight excluding hydrogens is 371 g/mol. The second kappa shape index (κ2) is 11.2. The third kappa shape index (κ3) is 5.53. The summed E-state index contributed by atoms with van der Waals surface area (Å²) in [4.78, 5) is 0. The van der Waals surface area contributed by atoms with Gasteiger partial charge in [-0.3, -0.25) is 0 Å². The predicted octanol–water partition coefficient (Wildman–Crippen LogP) is 8.69. The van der Waals surface area contributed by atoms with Crippen molar-refractivity contribution < 1.29 is 9.13 Å². The molecule has 1 fully saturated rings. The lowest BCUT2D eigenvalue weighted by molar-refractivity contribution is 0.188. The molecule has 3 rings (SSSR count). The molecule has 28 heavy (non-hydrogen) atoms. The van der Waals surface area contributed by atoms with E-state index in [-0.39, 0.29) is 18.3 Å². The molecular formula is C25H38ClFO. The van der Waals surface area contributed by atoms with Crippen molar-refractivity contribution in [2.45, 2.75) is 85.5 Å². The molecule has 0 radical (unpaired) electrons. The largest absolute Gasteiger partial charge is 0.492 e. The zero-order chi connectivity index (χ0) is 19.2. The molecule has 1 atom stereocenters. The van der Waals surface area contributed by atoms with Gasteiger partial charge in [0.25, 0.3) is 0 Å². The molecule has 1 unspecified atom stereocenters. The van der Waals surface area contributed by atoms with Crippen LogP contribution in [0.1, 0.15) is 91.0 Å². The van der Waals surface area contributed by atoms with Crippen LogP contribution in [0.5, 0.6) is 5.75 Å². The molecule has 3 heteroatoms. The molecule has 1 nitrogen and oxygen atoms in total. The van der Waals surface area contributed by atoms with Crippen LogP contribution in [0.2, 0.25) is 5.02 Å². The fourth-order valence-corrected chi connectivity index (χ4v) is 5.23. The molecule has 0 heterocycles. The van der Waals surface area contributed by atoms with Gasteiger partial charge in [0, 0.05) is 5.56 Å². The molecule has 0 amide bonds. The Morgan fingerprint density at radius 1 is 1.07 bits per heavy atom. The summed E-state index contributed by atoms with van der Waals surface area (Å²) in [5.74, 6) is 2.73. The van der Waals surface area contributed by atoms with E-state index in [1.807, 2.05) is 13.0 Å². The molecule has 0 aliphatic heterocycles. The Balaban J connectivity index is 0.00000280. The first-order valence-corrected chi connectivity index (χ1v) is 11.3. The van der Waals surface area contributed by atoms with E-state index in [0.29, 0.717) is 17.9 Å². The minimum absolute atomic E-state index is 0. The second-order valence-electron chi connectivity index (χ2n) is 8.36. The number of hydrogen-bond donors (Lipinski definition) is 0. The van der Waals surface area contributed by atoms with E-state index in [9.17, 15) is 4.39 Å². The lowest BCUT2D eigenvalue weighted by Crippen LogP contribution is -2.23. The first-order valence-electron chi connectivity index (χ1n) is 10.9. The number of hydrogen-bond acceptors (Lipinski definition) is 1. The zero-order valence-corrected chi connectivity index (χ0v) is 17.7. The van der Waals surface area contributed by atoms with Crippen LogP contribution in [0.15, 0.2) is 18.2 Å². The number of ether oxygens (including phenoxy) is 1. The van der Waals surface area contributed by atoms with Crippen molar-refractivity contribution in [3.05, 3.63) is 34.6 Å². The van der Waals surface area contributed by atoms with Crippen LogP contribution < -0.4 is 4.74 Å². The van der Waals surface area contributed by atoms with Crippen molar-refractivity contribution in [3.8, 4) is 5.75 Å². The van der Waals surface area contributed by atoms with Gasteiger partial charge in [-0.15, -0.1) is 0 Å². The summed E-state index contributed by atoms with van der Waals surface area (Å²) in [5.41, 5.74) is 1.77.